The topological polar surface area (TPSA) is 47.7 Å². The van der Waals surface area contributed by atoms with Gasteiger partial charge in [-0.05, 0) is 19.3 Å². The molecule has 0 saturated carbocycles. The summed E-state index contributed by atoms with van der Waals surface area (Å²) in [5, 5.41) is 0. The highest BCUT2D eigenvalue weighted by molar-refractivity contribution is 4.95. The van der Waals surface area contributed by atoms with Gasteiger partial charge in [0.15, 0.2) is 0 Å². The molecule has 0 radical (unpaired) electrons. The Kier molecular flexibility index (Phi) is 6.57. The fourth-order valence-corrected chi connectivity index (χ4v) is 2.78. The molecule has 2 N–H and O–H groups in total. The van der Waals surface area contributed by atoms with Gasteiger partial charge in [0, 0.05) is 44.8 Å². The van der Waals surface area contributed by atoms with Gasteiger partial charge < -0.3 is 15.2 Å². The Hall–Kier alpha value is -0.160. The Morgan fingerprint density at radius 2 is 2.22 bits per heavy atom. The zero-order chi connectivity index (χ0) is 13.6. The van der Waals surface area contributed by atoms with Gasteiger partial charge in [-0.1, -0.05) is 13.8 Å². The molecular formula is C14H30N2O2. The number of methoxy groups -OCH3 is 1. The van der Waals surface area contributed by atoms with Crippen molar-refractivity contribution >= 4 is 0 Å². The summed E-state index contributed by atoms with van der Waals surface area (Å²) in [7, 11) is 1.76. The zero-order valence-electron chi connectivity index (χ0n) is 12.4. The van der Waals surface area contributed by atoms with Crippen LogP contribution in [0.3, 0.4) is 0 Å². The van der Waals surface area contributed by atoms with Gasteiger partial charge in [-0.25, -0.2) is 0 Å². The van der Waals surface area contributed by atoms with Crippen molar-refractivity contribution < 1.29 is 9.47 Å². The number of hydrogen-bond donors (Lipinski definition) is 1. The van der Waals surface area contributed by atoms with Crippen molar-refractivity contribution in [2.45, 2.75) is 32.7 Å². The van der Waals surface area contributed by atoms with Crippen molar-refractivity contribution in [1.82, 2.24) is 4.90 Å². The highest BCUT2D eigenvalue weighted by Crippen LogP contribution is 2.31. The van der Waals surface area contributed by atoms with Crippen molar-refractivity contribution in [2.75, 3.05) is 46.6 Å². The molecule has 0 spiro atoms. The lowest BCUT2D eigenvalue weighted by molar-refractivity contribution is 0.0174. The molecule has 0 amide bonds. The molecule has 1 aliphatic heterocycles. The van der Waals surface area contributed by atoms with Crippen molar-refractivity contribution in [1.29, 1.82) is 0 Å². The van der Waals surface area contributed by atoms with Gasteiger partial charge >= 0.3 is 0 Å². The van der Waals surface area contributed by atoms with Gasteiger partial charge in [0.25, 0.3) is 0 Å². The number of nitrogens with two attached hydrogens (primary N) is 1. The van der Waals surface area contributed by atoms with E-state index in [0.29, 0.717) is 18.4 Å². The lowest BCUT2D eigenvalue weighted by Crippen LogP contribution is -2.58. The highest BCUT2D eigenvalue weighted by Gasteiger charge is 2.40. The molecule has 18 heavy (non-hydrogen) atoms. The van der Waals surface area contributed by atoms with Crippen LogP contribution in [0.1, 0.15) is 27.2 Å². The van der Waals surface area contributed by atoms with E-state index in [0.717, 1.165) is 39.3 Å². The molecule has 0 bridgehead atoms. The fourth-order valence-electron chi connectivity index (χ4n) is 2.78. The summed E-state index contributed by atoms with van der Waals surface area (Å²) in [6.45, 7) is 11.9. The first-order chi connectivity index (χ1) is 8.54. The normalized spacial score (nSPS) is 23.8. The second-order valence-corrected chi connectivity index (χ2v) is 5.95. The largest absolute Gasteiger partial charge is 0.383 e. The molecule has 2 atom stereocenters. The van der Waals surface area contributed by atoms with E-state index in [9.17, 15) is 0 Å². The molecule has 0 aromatic rings. The highest BCUT2D eigenvalue weighted by atomic mass is 16.5. The summed E-state index contributed by atoms with van der Waals surface area (Å²) < 4.78 is 10.8. The Morgan fingerprint density at radius 1 is 1.50 bits per heavy atom. The second-order valence-electron chi connectivity index (χ2n) is 5.95. The summed E-state index contributed by atoms with van der Waals surface area (Å²) in [5.74, 6) is 1.17. The zero-order valence-corrected chi connectivity index (χ0v) is 12.4. The van der Waals surface area contributed by atoms with Gasteiger partial charge in [-0.2, -0.15) is 0 Å². The van der Waals surface area contributed by atoms with Crippen LogP contribution >= 0.6 is 0 Å². The number of rotatable bonds is 8. The molecule has 0 aromatic carbocycles. The predicted molar refractivity (Wildman–Crippen MR) is 74.7 cm³/mol. The van der Waals surface area contributed by atoms with Crippen LogP contribution in [0.5, 0.6) is 0 Å². The standard InChI is InChI=1S/C14H30N2O2/c1-12(2)9-16(6-8-17-4)14(3,11-15)13-5-7-18-10-13/h12-13H,5-11,15H2,1-4H3. The van der Waals surface area contributed by atoms with Crippen molar-refractivity contribution in [3.8, 4) is 0 Å². The van der Waals surface area contributed by atoms with Gasteiger partial charge in [0.05, 0.1) is 13.2 Å². The minimum atomic E-state index is 0.0271. The van der Waals surface area contributed by atoms with Crippen LogP contribution < -0.4 is 5.73 Å². The van der Waals surface area contributed by atoms with E-state index in [2.05, 4.69) is 25.7 Å². The van der Waals surface area contributed by atoms with Crippen LogP contribution in [0.4, 0.5) is 0 Å². The summed E-state index contributed by atoms with van der Waals surface area (Å²) in [6, 6.07) is 0. The third-order valence-corrected chi connectivity index (χ3v) is 4.10. The van der Waals surface area contributed by atoms with E-state index in [1.807, 2.05) is 0 Å². The maximum atomic E-state index is 6.10. The molecule has 1 rings (SSSR count). The molecule has 1 fully saturated rings. The van der Waals surface area contributed by atoms with E-state index in [4.69, 9.17) is 15.2 Å². The third kappa shape index (κ3) is 3.92. The quantitative estimate of drug-likeness (QED) is 0.714. The monoisotopic (exact) mass is 258 g/mol. The molecule has 2 unspecified atom stereocenters. The van der Waals surface area contributed by atoms with Gasteiger partial charge in [-0.3, -0.25) is 4.90 Å². The first kappa shape index (κ1) is 15.9. The third-order valence-electron chi connectivity index (χ3n) is 4.10. The maximum Gasteiger partial charge on any atom is 0.0589 e. The van der Waals surface area contributed by atoms with Crippen LogP contribution in [0.2, 0.25) is 0 Å². The van der Waals surface area contributed by atoms with Crippen LogP contribution in [0.25, 0.3) is 0 Å². The van der Waals surface area contributed by atoms with Gasteiger partial charge in [0.1, 0.15) is 0 Å². The SMILES string of the molecule is COCCN(CC(C)C)C(C)(CN)C1CCOC1. The molecule has 0 aliphatic carbocycles. The molecule has 1 aliphatic rings. The predicted octanol–water partition coefficient (Wildman–Crippen LogP) is 1.34. The molecule has 0 aromatic heterocycles. The van der Waals surface area contributed by atoms with E-state index in [1.54, 1.807) is 7.11 Å². The van der Waals surface area contributed by atoms with Crippen LogP contribution in [0, 0.1) is 11.8 Å². The van der Waals surface area contributed by atoms with Crippen LogP contribution in [-0.2, 0) is 9.47 Å². The first-order valence-electron chi connectivity index (χ1n) is 7.06. The Labute approximate surface area is 112 Å². The molecule has 4 nitrogen and oxygen atoms in total. The van der Waals surface area contributed by atoms with E-state index in [1.165, 1.54) is 0 Å². The molecule has 108 valence electrons. The van der Waals surface area contributed by atoms with E-state index >= 15 is 0 Å². The smallest absolute Gasteiger partial charge is 0.0589 e. The lowest BCUT2D eigenvalue weighted by Gasteiger charge is -2.45. The average molecular weight is 258 g/mol. The van der Waals surface area contributed by atoms with Crippen LogP contribution in [0.15, 0.2) is 0 Å². The van der Waals surface area contributed by atoms with E-state index in [-0.39, 0.29) is 5.54 Å². The van der Waals surface area contributed by atoms with E-state index < -0.39 is 0 Å². The summed E-state index contributed by atoms with van der Waals surface area (Å²) >= 11 is 0. The molecule has 4 heteroatoms. The molecule has 1 heterocycles. The first-order valence-corrected chi connectivity index (χ1v) is 7.06. The second kappa shape index (κ2) is 7.43. The number of hydrogen-bond acceptors (Lipinski definition) is 4. The Balaban J connectivity index is 2.75. The lowest BCUT2D eigenvalue weighted by atomic mass is 9.82. The Bertz CT molecular complexity index is 230. The van der Waals surface area contributed by atoms with Crippen molar-refractivity contribution in [3.63, 3.8) is 0 Å². The van der Waals surface area contributed by atoms with Gasteiger partial charge in [0.2, 0.25) is 0 Å². The molecule has 1 saturated heterocycles. The summed E-state index contributed by atoms with van der Waals surface area (Å²) in [4.78, 5) is 2.50. The van der Waals surface area contributed by atoms with Crippen molar-refractivity contribution in [2.24, 2.45) is 17.6 Å². The maximum absolute atomic E-state index is 6.10. The van der Waals surface area contributed by atoms with Crippen molar-refractivity contribution in [3.05, 3.63) is 0 Å². The number of ether oxygens (including phenoxy) is 2. The minimum absolute atomic E-state index is 0.0271. The molecular weight excluding hydrogens is 228 g/mol. The number of nitrogens with zero attached hydrogens (tertiary/aromatic N) is 1. The Morgan fingerprint density at radius 3 is 2.67 bits per heavy atom. The minimum Gasteiger partial charge on any atom is -0.383 e. The fraction of sp³-hybridized carbons (Fsp3) is 1.00. The summed E-state index contributed by atoms with van der Waals surface area (Å²) in [6.07, 6.45) is 1.12. The summed E-state index contributed by atoms with van der Waals surface area (Å²) in [5.41, 5.74) is 6.12. The van der Waals surface area contributed by atoms with Gasteiger partial charge in [-0.15, -0.1) is 0 Å². The van der Waals surface area contributed by atoms with Crippen LogP contribution in [-0.4, -0.2) is 57.0 Å². The average Bonchev–Trinajstić information content (AvgIpc) is 2.87.